The average molecular weight is 421 g/mol. The predicted octanol–water partition coefficient (Wildman–Crippen LogP) is 5.19. The van der Waals surface area contributed by atoms with Crippen LogP contribution in [0.25, 0.3) is 6.08 Å². The summed E-state index contributed by atoms with van der Waals surface area (Å²) in [4.78, 5) is 0. The van der Waals surface area contributed by atoms with Gasteiger partial charge >= 0.3 is 0 Å². The molecular weight excluding hydrogens is 409 g/mol. The van der Waals surface area contributed by atoms with Crippen molar-refractivity contribution in [3.05, 3.63) is 68.0 Å². The molecule has 2 rings (SSSR count). The molecule has 0 aliphatic carbocycles. The van der Waals surface area contributed by atoms with Crippen LogP contribution in [0.2, 0.25) is 10.0 Å². The van der Waals surface area contributed by atoms with Gasteiger partial charge in [-0.3, -0.25) is 4.31 Å². The second-order valence-electron chi connectivity index (χ2n) is 4.46. The Morgan fingerprint density at radius 2 is 1.73 bits per heavy atom. The van der Waals surface area contributed by atoms with Crippen LogP contribution in [-0.2, 0) is 10.0 Å². The van der Waals surface area contributed by atoms with Gasteiger partial charge in [0.1, 0.15) is 0 Å². The molecule has 0 saturated carbocycles. The molecule has 0 unspecified atom stereocenters. The zero-order chi connectivity index (χ0) is 16.3. The average Bonchev–Trinajstić information content (AvgIpc) is 2.46. The van der Waals surface area contributed by atoms with Gasteiger partial charge in [0.25, 0.3) is 10.0 Å². The molecule has 2 aromatic carbocycles. The largest absolute Gasteiger partial charge is 0.268 e. The van der Waals surface area contributed by atoms with Gasteiger partial charge in [0.2, 0.25) is 0 Å². The van der Waals surface area contributed by atoms with Crippen molar-refractivity contribution in [2.75, 3.05) is 11.4 Å². The maximum Gasteiger partial charge on any atom is 0.257 e. The van der Waals surface area contributed by atoms with Crippen LogP contribution in [0.15, 0.2) is 52.3 Å². The summed E-state index contributed by atoms with van der Waals surface area (Å²) in [6.45, 7) is 0. The molecule has 0 atom stereocenters. The van der Waals surface area contributed by atoms with Crippen LogP contribution in [0.5, 0.6) is 0 Å². The smallest absolute Gasteiger partial charge is 0.257 e. The van der Waals surface area contributed by atoms with Crippen molar-refractivity contribution < 1.29 is 8.42 Å². The Hall–Kier alpha value is -1.01. The lowest BCUT2D eigenvalue weighted by atomic mass is 10.2. The van der Waals surface area contributed by atoms with Gasteiger partial charge in [-0.15, -0.1) is 0 Å². The van der Waals surface area contributed by atoms with E-state index < -0.39 is 10.0 Å². The lowest BCUT2D eigenvalue weighted by molar-refractivity contribution is 0.603. The molecule has 0 saturated heterocycles. The Bertz CT molecular complexity index is 805. The van der Waals surface area contributed by atoms with E-state index in [1.54, 1.807) is 42.5 Å². The maximum atomic E-state index is 12.4. The fraction of sp³-hybridized carbons (Fsp3) is 0.0667. The van der Waals surface area contributed by atoms with Crippen molar-refractivity contribution in [1.29, 1.82) is 0 Å². The Morgan fingerprint density at radius 3 is 2.32 bits per heavy atom. The lowest BCUT2D eigenvalue weighted by Gasteiger charge is -2.18. The molecule has 0 heterocycles. The summed E-state index contributed by atoms with van der Waals surface area (Å²) >= 11 is 15.2. The normalized spacial score (nSPS) is 11.8. The minimum atomic E-state index is -3.64. The van der Waals surface area contributed by atoms with Crippen LogP contribution in [0.3, 0.4) is 0 Å². The van der Waals surface area contributed by atoms with E-state index >= 15 is 0 Å². The third-order valence-electron chi connectivity index (χ3n) is 2.93. The zero-order valence-electron chi connectivity index (χ0n) is 11.5. The van der Waals surface area contributed by atoms with Gasteiger partial charge in [0.15, 0.2) is 0 Å². The lowest BCUT2D eigenvalue weighted by Crippen LogP contribution is -2.24. The highest BCUT2D eigenvalue weighted by molar-refractivity contribution is 9.10. The number of hydrogen-bond acceptors (Lipinski definition) is 2. The monoisotopic (exact) mass is 419 g/mol. The summed E-state index contributed by atoms with van der Waals surface area (Å²) in [5, 5.41) is 2.08. The van der Waals surface area contributed by atoms with Crippen molar-refractivity contribution in [2.45, 2.75) is 0 Å². The number of sulfonamides is 1. The summed E-state index contributed by atoms with van der Waals surface area (Å²) in [6.07, 6.45) is 1.51. The molecule has 0 aliphatic heterocycles. The van der Waals surface area contributed by atoms with Crippen molar-refractivity contribution in [1.82, 2.24) is 0 Å². The Morgan fingerprint density at radius 1 is 1.09 bits per heavy atom. The van der Waals surface area contributed by atoms with E-state index in [1.165, 1.54) is 13.1 Å². The van der Waals surface area contributed by atoms with Gasteiger partial charge < -0.3 is 0 Å². The molecule has 22 heavy (non-hydrogen) atoms. The molecule has 7 heteroatoms. The summed E-state index contributed by atoms with van der Waals surface area (Å²) in [6, 6.07) is 11.9. The van der Waals surface area contributed by atoms with Gasteiger partial charge in [0, 0.05) is 16.5 Å². The molecular formula is C15H12BrCl2NO2S. The van der Waals surface area contributed by atoms with Gasteiger partial charge in [-0.2, -0.15) is 0 Å². The molecule has 0 aromatic heterocycles. The first-order chi connectivity index (χ1) is 10.3. The van der Waals surface area contributed by atoms with Crippen LogP contribution in [-0.4, -0.2) is 15.5 Å². The van der Waals surface area contributed by atoms with Gasteiger partial charge in [-0.25, -0.2) is 8.42 Å². The number of nitrogens with zero attached hydrogens (tertiary/aromatic N) is 1. The fourth-order valence-electron chi connectivity index (χ4n) is 1.70. The van der Waals surface area contributed by atoms with Crippen molar-refractivity contribution in [3.63, 3.8) is 0 Å². The summed E-state index contributed by atoms with van der Waals surface area (Å²) in [7, 11) is -2.18. The van der Waals surface area contributed by atoms with E-state index in [0.29, 0.717) is 15.7 Å². The van der Waals surface area contributed by atoms with E-state index in [2.05, 4.69) is 15.9 Å². The van der Waals surface area contributed by atoms with E-state index in [0.717, 1.165) is 19.7 Å². The standard InChI is InChI=1S/C15H12BrCl2NO2S/c1-19(15-7-4-12(16)10-14(15)18)22(20,21)9-8-11-2-5-13(17)6-3-11/h2-10H,1H3. The Balaban J connectivity index is 2.27. The molecule has 3 nitrogen and oxygen atoms in total. The summed E-state index contributed by atoms with van der Waals surface area (Å²) in [5.41, 5.74) is 1.15. The van der Waals surface area contributed by atoms with E-state index in [1.807, 2.05) is 0 Å². The fourth-order valence-corrected chi connectivity index (χ4v) is 3.62. The topological polar surface area (TPSA) is 37.4 Å². The van der Waals surface area contributed by atoms with Gasteiger partial charge in [-0.05, 0) is 42.0 Å². The van der Waals surface area contributed by atoms with Crippen molar-refractivity contribution in [3.8, 4) is 0 Å². The highest BCUT2D eigenvalue weighted by Gasteiger charge is 2.17. The maximum absolute atomic E-state index is 12.4. The predicted molar refractivity (Wildman–Crippen MR) is 97.0 cm³/mol. The third kappa shape index (κ3) is 4.26. The second-order valence-corrected chi connectivity index (χ2v) is 8.07. The number of halogens is 3. The number of hydrogen-bond donors (Lipinski definition) is 0. The SMILES string of the molecule is CN(c1ccc(Br)cc1Cl)S(=O)(=O)C=Cc1ccc(Cl)cc1. The first kappa shape index (κ1) is 17.3. The number of rotatable bonds is 4. The highest BCUT2D eigenvalue weighted by atomic mass is 79.9. The van der Waals surface area contributed by atoms with Crippen LogP contribution in [0, 0.1) is 0 Å². The Labute approximate surface area is 148 Å². The van der Waals surface area contributed by atoms with Crippen molar-refractivity contribution >= 4 is 60.9 Å². The van der Waals surface area contributed by atoms with Gasteiger partial charge in [-0.1, -0.05) is 51.3 Å². The minimum absolute atomic E-state index is 0.348. The molecule has 0 amide bonds. The first-order valence-electron chi connectivity index (χ1n) is 6.17. The van der Waals surface area contributed by atoms with Crippen LogP contribution in [0.4, 0.5) is 5.69 Å². The molecule has 0 spiro atoms. The molecule has 0 fully saturated rings. The van der Waals surface area contributed by atoms with Gasteiger partial charge in [0.05, 0.1) is 16.1 Å². The zero-order valence-corrected chi connectivity index (χ0v) is 15.4. The van der Waals surface area contributed by atoms with Crippen LogP contribution < -0.4 is 4.31 Å². The number of anilines is 1. The molecule has 116 valence electrons. The Kier molecular flexibility index (Phi) is 5.55. The minimum Gasteiger partial charge on any atom is -0.268 e. The molecule has 0 bridgehead atoms. The van der Waals surface area contributed by atoms with Crippen molar-refractivity contribution in [2.24, 2.45) is 0 Å². The number of benzene rings is 2. The third-order valence-corrected chi connectivity index (χ3v) is 5.42. The van der Waals surface area contributed by atoms with Crippen LogP contribution in [0.1, 0.15) is 5.56 Å². The second kappa shape index (κ2) is 7.04. The van der Waals surface area contributed by atoms with E-state index in [4.69, 9.17) is 23.2 Å². The summed E-state index contributed by atoms with van der Waals surface area (Å²) in [5.74, 6) is 0. The highest BCUT2D eigenvalue weighted by Crippen LogP contribution is 2.30. The van der Waals surface area contributed by atoms with Crippen LogP contribution >= 0.6 is 39.1 Å². The van der Waals surface area contributed by atoms with E-state index in [9.17, 15) is 8.42 Å². The molecule has 0 radical (unpaired) electrons. The quantitative estimate of drug-likeness (QED) is 0.682. The van der Waals surface area contributed by atoms with E-state index in [-0.39, 0.29) is 0 Å². The molecule has 0 N–H and O–H groups in total. The molecule has 0 aliphatic rings. The first-order valence-corrected chi connectivity index (χ1v) is 9.22. The molecule has 2 aromatic rings. The summed E-state index contributed by atoms with van der Waals surface area (Å²) < 4.78 is 26.6.